The number of hydrogen-bond acceptors (Lipinski definition) is 3. The lowest BCUT2D eigenvalue weighted by Crippen LogP contribution is -2.48. The molecule has 3 nitrogen and oxygen atoms in total. The highest BCUT2D eigenvalue weighted by Gasteiger charge is 2.50. The lowest BCUT2D eigenvalue weighted by Gasteiger charge is -2.49. The van der Waals surface area contributed by atoms with E-state index in [0.717, 1.165) is 32.1 Å². The molecule has 0 bridgehead atoms. The van der Waals surface area contributed by atoms with Crippen molar-refractivity contribution in [1.29, 1.82) is 0 Å². The Morgan fingerprint density at radius 1 is 1.23 bits per heavy atom. The maximum Gasteiger partial charge on any atom is 0.306 e. The van der Waals surface area contributed by atoms with Crippen LogP contribution >= 0.6 is 0 Å². The highest BCUT2D eigenvalue weighted by molar-refractivity contribution is 5.83. The summed E-state index contributed by atoms with van der Waals surface area (Å²) >= 11 is 0. The molecule has 0 N–H and O–H groups in total. The minimum atomic E-state index is -0.229. The van der Waals surface area contributed by atoms with Crippen LogP contribution in [0.25, 0.3) is 0 Å². The van der Waals surface area contributed by atoms with Crippen LogP contribution in [0.1, 0.15) is 50.5 Å². The Hall–Kier alpha value is -1.64. The van der Waals surface area contributed by atoms with Gasteiger partial charge in [0.25, 0.3) is 0 Å². The molecule has 0 saturated heterocycles. The van der Waals surface area contributed by atoms with Crippen LogP contribution in [0.5, 0.6) is 0 Å². The van der Waals surface area contributed by atoms with Crippen LogP contribution in [0.4, 0.5) is 0 Å². The van der Waals surface area contributed by atoms with Gasteiger partial charge in [-0.2, -0.15) is 0 Å². The van der Waals surface area contributed by atoms with Gasteiger partial charge in [0.1, 0.15) is 5.78 Å². The standard InChI is InChI=1S/C19H24O3/c1-22-18(21)13-19(14-7-3-2-4-8-14)12-6-9-15-16(19)10-5-11-17(15)20/h2-4,7-8,15-16H,5-6,9-13H2,1H3/t15?,16?,19-/m1/s1. The van der Waals surface area contributed by atoms with E-state index in [9.17, 15) is 9.59 Å². The quantitative estimate of drug-likeness (QED) is 0.800. The third-order valence-corrected chi connectivity index (χ3v) is 5.72. The molecule has 3 atom stereocenters. The van der Waals surface area contributed by atoms with Gasteiger partial charge in [0.2, 0.25) is 0 Å². The summed E-state index contributed by atoms with van der Waals surface area (Å²) in [5.41, 5.74) is 0.970. The second-order valence-electron chi connectivity index (χ2n) is 6.74. The summed E-state index contributed by atoms with van der Waals surface area (Å²) in [6.45, 7) is 0. The zero-order valence-electron chi connectivity index (χ0n) is 13.2. The van der Waals surface area contributed by atoms with Gasteiger partial charge in [0, 0.05) is 17.8 Å². The molecule has 0 spiro atoms. The van der Waals surface area contributed by atoms with Crippen molar-refractivity contribution < 1.29 is 14.3 Å². The highest BCUT2D eigenvalue weighted by Crippen LogP contribution is 2.53. The average molecular weight is 300 g/mol. The lowest BCUT2D eigenvalue weighted by atomic mass is 9.53. The van der Waals surface area contributed by atoms with Crippen LogP contribution < -0.4 is 0 Å². The summed E-state index contributed by atoms with van der Waals surface area (Å²) in [6.07, 6.45) is 6.07. The fraction of sp³-hybridized carbons (Fsp3) is 0.579. The molecule has 22 heavy (non-hydrogen) atoms. The van der Waals surface area contributed by atoms with E-state index in [1.54, 1.807) is 0 Å². The number of fused-ring (bicyclic) bond motifs is 1. The zero-order chi connectivity index (χ0) is 15.6. The van der Waals surface area contributed by atoms with Gasteiger partial charge in [-0.1, -0.05) is 36.8 Å². The van der Waals surface area contributed by atoms with Crippen molar-refractivity contribution in [3.8, 4) is 0 Å². The first-order valence-electron chi connectivity index (χ1n) is 8.32. The van der Waals surface area contributed by atoms with Crippen LogP contribution in [-0.2, 0) is 19.7 Å². The second kappa shape index (κ2) is 6.23. The highest BCUT2D eigenvalue weighted by atomic mass is 16.5. The molecule has 2 fully saturated rings. The smallest absolute Gasteiger partial charge is 0.306 e. The molecule has 1 aromatic carbocycles. The summed E-state index contributed by atoms with van der Waals surface area (Å²) < 4.78 is 4.98. The molecule has 3 rings (SSSR count). The molecule has 118 valence electrons. The molecule has 2 saturated carbocycles. The van der Waals surface area contributed by atoms with E-state index in [4.69, 9.17) is 4.74 Å². The summed E-state index contributed by atoms with van der Waals surface area (Å²) in [5, 5.41) is 0. The molecule has 0 aromatic heterocycles. The van der Waals surface area contributed by atoms with Crippen molar-refractivity contribution in [1.82, 2.24) is 0 Å². The van der Waals surface area contributed by atoms with E-state index in [-0.39, 0.29) is 23.2 Å². The molecule has 0 aliphatic heterocycles. The zero-order valence-corrected chi connectivity index (χ0v) is 13.2. The van der Waals surface area contributed by atoms with Crippen LogP contribution in [0.15, 0.2) is 30.3 Å². The molecule has 1 aromatic rings. The first kappa shape index (κ1) is 15.3. The van der Waals surface area contributed by atoms with Crippen molar-refractivity contribution in [2.24, 2.45) is 11.8 Å². The molecule has 0 amide bonds. The van der Waals surface area contributed by atoms with Crippen LogP contribution in [-0.4, -0.2) is 18.9 Å². The largest absolute Gasteiger partial charge is 0.469 e. The van der Waals surface area contributed by atoms with Gasteiger partial charge < -0.3 is 4.74 Å². The molecule has 3 heteroatoms. The van der Waals surface area contributed by atoms with Gasteiger partial charge in [-0.15, -0.1) is 0 Å². The number of methoxy groups -OCH3 is 1. The normalized spacial score (nSPS) is 31.4. The predicted molar refractivity (Wildman–Crippen MR) is 84.4 cm³/mol. The number of benzene rings is 1. The van der Waals surface area contributed by atoms with Crippen molar-refractivity contribution >= 4 is 11.8 Å². The van der Waals surface area contributed by atoms with Gasteiger partial charge in [0.15, 0.2) is 0 Å². The van der Waals surface area contributed by atoms with E-state index in [1.807, 2.05) is 18.2 Å². The SMILES string of the molecule is COC(=O)C[C@@]1(c2ccccc2)CCCC2C(=O)CCCC21. The number of carbonyl (C=O) groups is 2. The number of hydrogen-bond donors (Lipinski definition) is 0. The number of carbonyl (C=O) groups excluding carboxylic acids is 2. The Morgan fingerprint density at radius 3 is 2.73 bits per heavy atom. The molecule has 0 radical (unpaired) electrons. The average Bonchev–Trinajstić information content (AvgIpc) is 2.56. The first-order valence-corrected chi connectivity index (χ1v) is 8.32. The predicted octanol–water partition coefficient (Wildman–Crippen LogP) is 3.66. The van der Waals surface area contributed by atoms with Crippen LogP contribution in [0, 0.1) is 11.8 Å². The minimum absolute atomic E-state index is 0.132. The fourth-order valence-electron chi connectivity index (χ4n) is 4.73. The molecular weight excluding hydrogens is 276 g/mol. The maximum absolute atomic E-state index is 12.4. The summed E-state index contributed by atoms with van der Waals surface area (Å²) in [6, 6.07) is 10.3. The first-order chi connectivity index (χ1) is 10.7. The molecular formula is C19H24O3. The Labute approximate surface area is 132 Å². The van der Waals surface area contributed by atoms with Crippen LogP contribution in [0.2, 0.25) is 0 Å². The number of ketones is 1. The van der Waals surface area contributed by atoms with E-state index in [1.165, 1.54) is 12.7 Å². The Morgan fingerprint density at radius 2 is 2.00 bits per heavy atom. The summed E-state index contributed by atoms with van der Waals surface area (Å²) in [7, 11) is 1.45. The molecule has 2 aliphatic carbocycles. The number of Topliss-reactive ketones (excluding diaryl/α,β-unsaturated/α-hetero) is 1. The molecule has 0 heterocycles. The molecule has 2 unspecified atom stereocenters. The van der Waals surface area contributed by atoms with E-state index < -0.39 is 0 Å². The van der Waals surface area contributed by atoms with E-state index in [0.29, 0.717) is 18.6 Å². The van der Waals surface area contributed by atoms with E-state index in [2.05, 4.69) is 12.1 Å². The Kier molecular flexibility index (Phi) is 4.32. The van der Waals surface area contributed by atoms with Gasteiger partial charge in [-0.25, -0.2) is 0 Å². The Balaban J connectivity index is 2.04. The van der Waals surface area contributed by atoms with Gasteiger partial charge in [0.05, 0.1) is 13.5 Å². The maximum atomic E-state index is 12.4. The molecule has 2 aliphatic rings. The van der Waals surface area contributed by atoms with E-state index >= 15 is 0 Å². The monoisotopic (exact) mass is 300 g/mol. The van der Waals surface area contributed by atoms with Crippen LogP contribution in [0.3, 0.4) is 0 Å². The number of esters is 1. The summed E-state index contributed by atoms with van der Waals surface area (Å²) in [4.78, 5) is 24.5. The van der Waals surface area contributed by atoms with Crippen molar-refractivity contribution in [2.75, 3.05) is 7.11 Å². The van der Waals surface area contributed by atoms with Gasteiger partial charge in [-0.05, 0) is 37.2 Å². The summed E-state index contributed by atoms with van der Waals surface area (Å²) in [5.74, 6) is 0.653. The third-order valence-electron chi connectivity index (χ3n) is 5.72. The lowest BCUT2D eigenvalue weighted by molar-refractivity contribution is -0.145. The van der Waals surface area contributed by atoms with Gasteiger partial charge >= 0.3 is 5.97 Å². The minimum Gasteiger partial charge on any atom is -0.469 e. The Bertz CT molecular complexity index is 551. The third kappa shape index (κ3) is 2.57. The van der Waals surface area contributed by atoms with Gasteiger partial charge in [-0.3, -0.25) is 9.59 Å². The van der Waals surface area contributed by atoms with Crippen molar-refractivity contribution in [2.45, 2.75) is 50.4 Å². The fourth-order valence-corrected chi connectivity index (χ4v) is 4.73. The van der Waals surface area contributed by atoms with Crippen molar-refractivity contribution in [3.05, 3.63) is 35.9 Å². The second-order valence-corrected chi connectivity index (χ2v) is 6.74. The number of rotatable bonds is 3. The van der Waals surface area contributed by atoms with Crippen molar-refractivity contribution in [3.63, 3.8) is 0 Å². The topological polar surface area (TPSA) is 43.4 Å². The number of ether oxygens (including phenoxy) is 1.